The molecule has 38 heavy (non-hydrogen) atoms. The normalized spacial score (nSPS) is 13.0. The SMILES string of the molecule is COc1ccc2[nH]c(C)cc2c1.Cc1ccccc1.O=CN1CCN(Cc2ccc3cn[nH]c3c2)C(=O)C1. The number of aryl methyl sites for hydroxylation is 2. The van der Waals surface area contributed by atoms with Gasteiger partial charge in [0.15, 0.2) is 0 Å². The first kappa shape index (κ1) is 26.5. The van der Waals surface area contributed by atoms with E-state index in [9.17, 15) is 9.59 Å². The van der Waals surface area contributed by atoms with Gasteiger partial charge in [-0.3, -0.25) is 14.7 Å². The van der Waals surface area contributed by atoms with Crippen molar-refractivity contribution in [2.75, 3.05) is 26.7 Å². The van der Waals surface area contributed by atoms with Crippen molar-refractivity contribution in [1.29, 1.82) is 0 Å². The summed E-state index contributed by atoms with van der Waals surface area (Å²) in [5.74, 6) is 0.893. The number of aromatic amines is 2. The lowest BCUT2D eigenvalue weighted by molar-refractivity contribution is -0.140. The number of H-pyrrole nitrogens is 2. The van der Waals surface area contributed by atoms with Crippen molar-refractivity contribution in [2.45, 2.75) is 20.4 Å². The number of nitrogens with one attached hydrogen (secondary N) is 2. The predicted octanol–water partition coefficient (Wildman–Crippen LogP) is 4.84. The van der Waals surface area contributed by atoms with Crippen LogP contribution < -0.4 is 4.74 Å². The van der Waals surface area contributed by atoms with Gasteiger partial charge in [0.25, 0.3) is 0 Å². The summed E-state index contributed by atoms with van der Waals surface area (Å²) < 4.78 is 5.12. The van der Waals surface area contributed by atoms with Crippen molar-refractivity contribution in [3.63, 3.8) is 0 Å². The molecule has 0 spiro atoms. The number of rotatable bonds is 4. The Morgan fingerprint density at radius 1 is 0.947 bits per heavy atom. The number of fused-ring (bicyclic) bond motifs is 2. The van der Waals surface area contributed by atoms with E-state index >= 15 is 0 Å². The van der Waals surface area contributed by atoms with Gasteiger partial charge in [-0.15, -0.1) is 0 Å². The smallest absolute Gasteiger partial charge is 0.242 e. The number of hydrogen-bond acceptors (Lipinski definition) is 4. The molecular weight excluding hydrogens is 478 g/mol. The van der Waals surface area contributed by atoms with E-state index < -0.39 is 0 Å². The van der Waals surface area contributed by atoms with Gasteiger partial charge >= 0.3 is 0 Å². The zero-order valence-corrected chi connectivity index (χ0v) is 22.0. The molecular formula is C30H33N5O3. The zero-order valence-electron chi connectivity index (χ0n) is 22.0. The molecule has 0 aliphatic carbocycles. The van der Waals surface area contributed by atoms with E-state index in [1.54, 1.807) is 18.2 Å². The van der Waals surface area contributed by atoms with Gasteiger partial charge < -0.3 is 19.5 Å². The number of methoxy groups -OCH3 is 1. The molecule has 0 bridgehead atoms. The van der Waals surface area contributed by atoms with Crippen LogP contribution in [-0.4, -0.2) is 64.0 Å². The van der Waals surface area contributed by atoms with Crippen LogP contribution in [0.5, 0.6) is 5.75 Å². The van der Waals surface area contributed by atoms with E-state index in [0.29, 0.717) is 19.6 Å². The van der Waals surface area contributed by atoms with Crippen LogP contribution in [0.25, 0.3) is 21.8 Å². The van der Waals surface area contributed by atoms with Crippen LogP contribution in [0.4, 0.5) is 0 Å². The van der Waals surface area contributed by atoms with Crippen LogP contribution in [-0.2, 0) is 16.1 Å². The molecule has 5 aromatic rings. The number of ether oxygens (including phenoxy) is 1. The second-order valence-electron chi connectivity index (χ2n) is 9.24. The molecule has 0 radical (unpaired) electrons. The highest BCUT2D eigenvalue weighted by molar-refractivity contribution is 5.82. The number of piperazine rings is 1. The number of aromatic nitrogens is 3. The number of carbonyl (C=O) groups excluding carboxylic acids is 2. The maximum Gasteiger partial charge on any atom is 0.242 e. The first-order valence-electron chi connectivity index (χ1n) is 12.5. The standard InChI is InChI=1S/C13H14N4O2.C10H11NO.C7H8/c18-9-16-3-4-17(13(19)8-16)7-10-1-2-11-6-14-15-12(11)5-10;1-7-5-8-6-9(12-2)3-4-10(8)11-7;1-7-5-3-2-4-6-7/h1-2,5-6,9H,3-4,7-8H2,(H,14,15);3-6,11H,1-2H3;2-6H,1H3. The van der Waals surface area contributed by atoms with Gasteiger partial charge in [0.2, 0.25) is 12.3 Å². The van der Waals surface area contributed by atoms with E-state index in [-0.39, 0.29) is 12.5 Å². The Bertz CT molecular complexity index is 1490. The summed E-state index contributed by atoms with van der Waals surface area (Å²) in [6.07, 6.45) is 2.50. The van der Waals surface area contributed by atoms with Crippen molar-refractivity contribution in [3.8, 4) is 5.75 Å². The monoisotopic (exact) mass is 511 g/mol. The lowest BCUT2D eigenvalue weighted by Gasteiger charge is -2.32. The maximum absolute atomic E-state index is 11.9. The molecule has 0 unspecified atom stereocenters. The highest BCUT2D eigenvalue weighted by atomic mass is 16.5. The topological polar surface area (TPSA) is 94.3 Å². The van der Waals surface area contributed by atoms with Crippen LogP contribution in [0.3, 0.4) is 0 Å². The van der Waals surface area contributed by atoms with E-state index in [4.69, 9.17) is 4.74 Å². The summed E-state index contributed by atoms with van der Waals surface area (Å²) in [5, 5.41) is 9.15. The van der Waals surface area contributed by atoms with Crippen LogP contribution in [0.2, 0.25) is 0 Å². The average molecular weight is 512 g/mol. The second kappa shape index (κ2) is 12.6. The van der Waals surface area contributed by atoms with Gasteiger partial charge in [0.05, 0.1) is 25.4 Å². The fraction of sp³-hybridized carbons (Fsp3) is 0.233. The molecule has 8 heteroatoms. The summed E-state index contributed by atoms with van der Waals surface area (Å²) in [7, 11) is 1.68. The van der Waals surface area contributed by atoms with Crippen molar-refractivity contribution >= 4 is 34.1 Å². The largest absolute Gasteiger partial charge is 0.497 e. The first-order chi connectivity index (χ1) is 18.4. The number of benzene rings is 3. The van der Waals surface area contributed by atoms with E-state index in [0.717, 1.165) is 34.1 Å². The van der Waals surface area contributed by atoms with Crippen LogP contribution in [0.15, 0.2) is 79.0 Å². The summed E-state index contributed by atoms with van der Waals surface area (Å²) in [4.78, 5) is 29.0. The van der Waals surface area contributed by atoms with Gasteiger partial charge in [-0.25, -0.2) is 0 Å². The maximum atomic E-state index is 11.9. The van der Waals surface area contributed by atoms with Crippen molar-refractivity contribution in [3.05, 3.63) is 95.8 Å². The number of hydrogen-bond donors (Lipinski definition) is 2. The van der Waals surface area contributed by atoms with E-state index in [1.165, 1.54) is 21.5 Å². The van der Waals surface area contributed by atoms with Gasteiger partial charge in [0.1, 0.15) is 5.75 Å². The Balaban J connectivity index is 0.000000150. The van der Waals surface area contributed by atoms with E-state index in [2.05, 4.69) is 40.3 Å². The van der Waals surface area contributed by atoms with E-state index in [1.807, 2.05) is 61.5 Å². The number of amides is 2. The lowest BCUT2D eigenvalue weighted by atomic mass is 10.1. The Morgan fingerprint density at radius 2 is 1.76 bits per heavy atom. The highest BCUT2D eigenvalue weighted by Crippen LogP contribution is 2.20. The average Bonchev–Trinajstić information content (AvgIpc) is 3.55. The second-order valence-corrected chi connectivity index (χ2v) is 9.24. The molecule has 1 aliphatic rings. The fourth-order valence-electron chi connectivity index (χ4n) is 4.20. The van der Waals surface area contributed by atoms with Crippen LogP contribution in [0.1, 0.15) is 16.8 Å². The van der Waals surface area contributed by atoms with Crippen molar-refractivity contribution in [2.24, 2.45) is 0 Å². The quantitative estimate of drug-likeness (QED) is 0.338. The molecule has 2 amide bonds. The molecule has 196 valence electrons. The predicted molar refractivity (Wildman–Crippen MR) is 150 cm³/mol. The third-order valence-corrected chi connectivity index (χ3v) is 6.28. The van der Waals surface area contributed by atoms with Crippen LogP contribution >= 0.6 is 0 Å². The summed E-state index contributed by atoms with van der Waals surface area (Å²) in [6.45, 7) is 6.06. The van der Waals surface area contributed by atoms with Crippen LogP contribution in [0, 0.1) is 13.8 Å². The Morgan fingerprint density at radius 3 is 2.45 bits per heavy atom. The third kappa shape index (κ3) is 7.00. The minimum Gasteiger partial charge on any atom is -0.497 e. The van der Waals surface area contributed by atoms with Crippen molar-refractivity contribution < 1.29 is 14.3 Å². The van der Waals surface area contributed by atoms with Gasteiger partial charge in [-0.05, 0) is 49.7 Å². The summed E-state index contributed by atoms with van der Waals surface area (Å²) >= 11 is 0. The molecule has 2 N–H and O–H groups in total. The molecule has 1 fully saturated rings. The minimum absolute atomic E-state index is 0.0111. The molecule has 0 saturated carbocycles. The zero-order chi connectivity index (χ0) is 26.9. The summed E-state index contributed by atoms with van der Waals surface area (Å²) in [5.41, 5.74) is 5.69. The molecule has 1 saturated heterocycles. The molecule has 8 nitrogen and oxygen atoms in total. The first-order valence-corrected chi connectivity index (χ1v) is 12.5. The number of carbonyl (C=O) groups is 2. The third-order valence-electron chi connectivity index (χ3n) is 6.28. The van der Waals surface area contributed by atoms with Gasteiger partial charge in [-0.1, -0.05) is 48.0 Å². The molecule has 3 heterocycles. The molecule has 1 aliphatic heterocycles. The number of nitrogens with zero attached hydrogens (tertiary/aromatic N) is 3. The summed E-state index contributed by atoms with van der Waals surface area (Å²) in [6, 6.07) is 24.4. The van der Waals surface area contributed by atoms with Gasteiger partial charge in [0, 0.05) is 41.6 Å². The highest BCUT2D eigenvalue weighted by Gasteiger charge is 2.22. The van der Waals surface area contributed by atoms with Gasteiger partial charge in [-0.2, -0.15) is 5.10 Å². The Hall–Kier alpha value is -4.59. The lowest BCUT2D eigenvalue weighted by Crippen LogP contribution is -2.49. The fourth-order valence-corrected chi connectivity index (χ4v) is 4.20. The van der Waals surface area contributed by atoms with Crippen molar-refractivity contribution in [1.82, 2.24) is 25.0 Å². The molecule has 6 rings (SSSR count). The molecule has 2 aromatic heterocycles. The molecule has 0 atom stereocenters. The minimum atomic E-state index is -0.0111. The Kier molecular flexibility index (Phi) is 8.77. The molecule has 3 aromatic carbocycles. The Labute approximate surface area is 222 Å².